The topological polar surface area (TPSA) is 116 Å². The summed E-state index contributed by atoms with van der Waals surface area (Å²) in [5.41, 5.74) is -2.81. The number of esters is 3. The Labute approximate surface area is 241 Å². The first kappa shape index (κ1) is 29.2. The van der Waals surface area contributed by atoms with Crippen LogP contribution in [0.1, 0.15) is 66.4 Å². The van der Waals surface area contributed by atoms with E-state index in [2.05, 4.69) is 6.58 Å². The van der Waals surface area contributed by atoms with E-state index in [0.29, 0.717) is 18.4 Å². The average Bonchev–Trinajstić information content (AvgIpc) is 3.13. The van der Waals surface area contributed by atoms with Crippen LogP contribution in [0.4, 0.5) is 0 Å². The zero-order chi connectivity index (χ0) is 30.1. The summed E-state index contributed by atoms with van der Waals surface area (Å²) in [5, 5.41) is 12.3. The number of rotatable bonds is 5. The van der Waals surface area contributed by atoms with Gasteiger partial charge in [-0.15, -0.1) is 0 Å². The highest BCUT2D eigenvalue weighted by Crippen LogP contribution is 2.86. The van der Waals surface area contributed by atoms with Crippen LogP contribution in [0.15, 0.2) is 48.6 Å². The molecule has 1 aromatic rings. The van der Waals surface area contributed by atoms with E-state index in [-0.39, 0.29) is 12.2 Å². The van der Waals surface area contributed by atoms with Crippen LogP contribution in [0, 0.1) is 33.5 Å². The molecule has 4 fully saturated rings. The van der Waals surface area contributed by atoms with Gasteiger partial charge in [0.05, 0.1) is 11.5 Å². The van der Waals surface area contributed by atoms with Gasteiger partial charge in [-0.2, -0.15) is 0 Å². The average molecular weight is 565 g/mol. The molecule has 0 unspecified atom stereocenters. The second kappa shape index (κ2) is 9.65. The van der Waals surface area contributed by atoms with Gasteiger partial charge in [-0.05, 0) is 35.5 Å². The fourth-order valence-corrected chi connectivity index (χ4v) is 9.89. The van der Waals surface area contributed by atoms with Crippen molar-refractivity contribution in [1.82, 2.24) is 0 Å². The van der Waals surface area contributed by atoms with Gasteiger partial charge >= 0.3 is 17.9 Å². The van der Waals surface area contributed by atoms with Crippen molar-refractivity contribution in [1.29, 1.82) is 0 Å². The van der Waals surface area contributed by atoms with Crippen LogP contribution in [0.2, 0.25) is 0 Å². The number of Topliss-reactive ketones (excluding diaryl/α,β-unsaturated/α-hetero) is 1. The lowest BCUT2D eigenvalue weighted by Crippen LogP contribution is -2.63. The minimum absolute atomic E-state index is 0.0501. The zero-order valence-electron chi connectivity index (χ0n) is 24.6. The van der Waals surface area contributed by atoms with E-state index >= 15 is 0 Å². The van der Waals surface area contributed by atoms with E-state index in [9.17, 15) is 24.3 Å². The number of hydrogen-bond donors (Lipinski definition) is 1. The number of carbonyl (C=O) groups is 4. The number of aliphatic hydroxyl groups excluding tert-OH is 1. The minimum Gasteiger partial charge on any atom is -0.461 e. The molecule has 2 spiro atoms. The van der Waals surface area contributed by atoms with Crippen molar-refractivity contribution in [2.45, 2.75) is 85.2 Å². The maximum absolute atomic E-state index is 13.7. The van der Waals surface area contributed by atoms with E-state index in [0.717, 1.165) is 5.56 Å². The first-order valence-corrected chi connectivity index (χ1v) is 14.4. The Bertz CT molecular complexity index is 1330. The largest absolute Gasteiger partial charge is 0.461 e. The first-order valence-electron chi connectivity index (χ1n) is 14.4. The Balaban J connectivity index is 1.68. The number of fused-ring (bicyclic) bond motifs is 1. The molecule has 0 aromatic heterocycles. The number of benzene rings is 1. The van der Waals surface area contributed by atoms with Gasteiger partial charge in [0.15, 0.2) is 0 Å². The van der Waals surface area contributed by atoms with Crippen molar-refractivity contribution >= 4 is 29.8 Å². The van der Waals surface area contributed by atoms with Gasteiger partial charge in [-0.3, -0.25) is 14.4 Å². The molecule has 0 radical (unpaired) electrons. The summed E-state index contributed by atoms with van der Waals surface area (Å²) >= 11 is 0. The summed E-state index contributed by atoms with van der Waals surface area (Å²) in [6.45, 7) is 14.9. The molecule has 1 aromatic carbocycles. The van der Waals surface area contributed by atoms with Crippen LogP contribution in [-0.4, -0.2) is 53.2 Å². The fourth-order valence-electron chi connectivity index (χ4n) is 9.89. The number of ketones is 1. The van der Waals surface area contributed by atoms with Gasteiger partial charge in [0, 0.05) is 49.0 Å². The third-order valence-electron chi connectivity index (χ3n) is 11.2. The molecule has 4 aliphatic rings. The number of hydrogen-bond acceptors (Lipinski definition) is 8. The molecule has 0 heterocycles. The van der Waals surface area contributed by atoms with Crippen molar-refractivity contribution in [3.8, 4) is 0 Å². The molecule has 0 aliphatic heterocycles. The molecule has 0 amide bonds. The second-order valence-corrected chi connectivity index (χ2v) is 13.1. The lowest BCUT2D eigenvalue weighted by molar-refractivity contribution is -0.182. The summed E-state index contributed by atoms with van der Waals surface area (Å²) in [6.07, 6.45) is 0.0890. The van der Waals surface area contributed by atoms with Crippen molar-refractivity contribution in [2.24, 2.45) is 33.5 Å². The highest BCUT2D eigenvalue weighted by atomic mass is 16.6. The molecule has 0 saturated heterocycles. The van der Waals surface area contributed by atoms with Crippen LogP contribution in [0.25, 0.3) is 6.08 Å². The molecule has 2 bridgehead atoms. The summed E-state index contributed by atoms with van der Waals surface area (Å²) in [6, 6.07) is 9.37. The number of ether oxygens (including phenoxy) is 3. The molecule has 4 saturated carbocycles. The second-order valence-electron chi connectivity index (χ2n) is 13.1. The maximum Gasteiger partial charge on any atom is 0.331 e. The predicted octanol–water partition coefficient (Wildman–Crippen LogP) is 4.44. The molecule has 8 nitrogen and oxygen atoms in total. The first-order chi connectivity index (χ1) is 19.2. The molecule has 9 atom stereocenters. The van der Waals surface area contributed by atoms with Gasteiger partial charge in [0.25, 0.3) is 0 Å². The molecule has 41 heavy (non-hydrogen) atoms. The Morgan fingerprint density at radius 2 is 1.61 bits per heavy atom. The van der Waals surface area contributed by atoms with Crippen molar-refractivity contribution in [3.05, 3.63) is 54.1 Å². The summed E-state index contributed by atoms with van der Waals surface area (Å²) in [5.74, 6) is -2.78. The molecule has 5 rings (SSSR count). The highest BCUT2D eigenvalue weighted by Gasteiger charge is 2.91. The fraction of sp³-hybridized carbons (Fsp3) is 0.576. The van der Waals surface area contributed by atoms with Crippen LogP contribution in [0.3, 0.4) is 0 Å². The van der Waals surface area contributed by atoms with E-state index in [1.54, 1.807) is 6.08 Å². The van der Waals surface area contributed by atoms with Gasteiger partial charge in [-0.25, -0.2) is 4.79 Å². The van der Waals surface area contributed by atoms with Gasteiger partial charge in [0.2, 0.25) is 0 Å². The third-order valence-corrected chi connectivity index (χ3v) is 11.2. The van der Waals surface area contributed by atoms with Crippen LogP contribution < -0.4 is 0 Å². The predicted molar refractivity (Wildman–Crippen MR) is 150 cm³/mol. The normalized spacial score (nSPS) is 40.6. The van der Waals surface area contributed by atoms with E-state index < -0.39 is 75.8 Å². The Morgan fingerprint density at radius 3 is 2.22 bits per heavy atom. The Hall–Kier alpha value is -3.26. The maximum atomic E-state index is 13.7. The number of aliphatic hydroxyl groups is 1. The minimum atomic E-state index is -1.25. The van der Waals surface area contributed by atoms with E-state index in [1.807, 2.05) is 58.0 Å². The van der Waals surface area contributed by atoms with E-state index in [1.165, 1.54) is 19.9 Å². The Kier molecular flexibility index (Phi) is 6.88. The molecule has 8 heteroatoms. The lowest BCUT2D eigenvalue weighted by Gasteiger charge is -2.60. The van der Waals surface area contributed by atoms with Gasteiger partial charge < -0.3 is 19.3 Å². The van der Waals surface area contributed by atoms with E-state index in [4.69, 9.17) is 14.2 Å². The van der Waals surface area contributed by atoms with Crippen molar-refractivity contribution in [2.75, 3.05) is 0 Å². The lowest BCUT2D eigenvalue weighted by atomic mass is 9.42. The Morgan fingerprint density at radius 1 is 1.00 bits per heavy atom. The zero-order valence-corrected chi connectivity index (χ0v) is 24.6. The monoisotopic (exact) mass is 564 g/mol. The van der Waals surface area contributed by atoms with Crippen LogP contribution in [0.5, 0.6) is 0 Å². The molecular formula is C33H40O8. The highest BCUT2D eigenvalue weighted by molar-refractivity contribution is 5.88. The SMILES string of the molecule is C=C1[C@@H](OC(=O)C=Cc2ccccc2)CC[C@@]2(C)[C@@H](OC(C)=O)[C@H](O)[C@@]34[C@@H](C)C(=O)C[C@H]([C@@H](OC(C)=O)[C@@]132)C4(C)C. The van der Waals surface area contributed by atoms with Crippen LogP contribution >= 0.6 is 0 Å². The molecular weight excluding hydrogens is 524 g/mol. The molecule has 1 N–H and O–H groups in total. The van der Waals surface area contributed by atoms with Crippen molar-refractivity contribution in [3.63, 3.8) is 0 Å². The third kappa shape index (κ3) is 3.62. The molecule has 220 valence electrons. The summed E-state index contributed by atoms with van der Waals surface area (Å²) < 4.78 is 18.1. The quantitative estimate of drug-likeness (QED) is 0.242. The van der Waals surface area contributed by atoms with Gasteiger partial charge in [0.1, 0.15) is 24.1 Å². The summed E-state index contributed by atoms with van der Waals surface area (Å²) in [4.78, 5) is 51.8. The summed E-state index contributed by atoms with van der Waals surface area (Å²) in [7, 11) is 0. The van der Waals surface area contributed by atoms with Crippen molar-refractivity contribution < 1.29 is 38.5 Å². The van der Waals surface area contributed by atoms with Gasteiger partial charge in [-0.1, -0.05) is 64.6 Å². The van der Waals surface area contributed by atoms with Crippen LogP contribution in [-0.2, 0) is 33.4 Å². The molecule has 4 aliphatic carbocycles. The standard InChI is InChI=1S/C33H40O8/c1-18-24(36)17-23-28(39-20(3)34)33-19(2)25(41-26(37)14-13-22-11-9-8-10-12-22)15-16-31(33,7)29(40-21(4)35)27(38)32(18,33)30(23,5)6/h8-14,18,23,25,27-29,38H,2,15-17H2,1,3-7H3/t18-,23+,25-,27-,28+,29-,31-,32+,33+/m0/s1. The number of carbonyl (C=O) groups excluding carboxylic acids is 4. The smallest absolute Gasteiger partial charge is 0.331 e.